The van der Waals surface area contributed by atoms with E-state index in [0.29, 0.717) is 11.5 Å². The first-order chi connectivity index (χ1) is 28.1. The Morgan fingerprint density at radius 3 is 1.86 bits per heavy atom. The van der Waals surface area contributed by atoms with Crippen molar-refractivity contribution in [2.24, 2.45) is 9.98 Å². The molecule has 3 nitrogen and oxygen atoms in total. The summed E-state index contributed by atoms with van der Waals surface area (Å²) in [5, 5.41) is 9.07. The fourth-order valence-electron chi connectivity index (χ4n) is 7.97. The van der Waals surface area contributed by atoms with Gasteiger partial charge in [0.1, 0.15) is 11.2 Å². The monoisotopic (exact) mass is 728 g/mol. The van der Waals surface area contributed by atoms with E-state index in [-0.39, 0.29) is 0 Å². The van der Waals surface area contributed by atoms with E-state index in [4.69, 9.17) is 14.4 Å². The molecule has 0 radical (unpaired) electrons. The Morgan fingerprint density at radius 2 is 1.07 bits per heavy atom. The highest BCUT2D eigenvalue weighted by Crippen LogP contribution is 2.41. The van der Waals surface area contributed by atoms with Crippen LogP contribution in [0.15, 0.2) is 222 Å². The minimum absolute atomic E-state index is 0.536. The zero-order chi connectivity index (χ0) is 38.3. The number of nitrogens with zero attached hydrogens (tertiary/aromatic N) is 2. The molecule has 1 heterocycles. The SMILES string of the molecule is C=C/C(=N\C(=N/C(=C)c1cccc2oc3c(-c4cccc5ccccc45)cccc3c12)c1ccc(-c2ccc3ccccc3c2)cc1)c1ccc2ccccc2c1. The number of amidine groups is 1. The number of fused-ring (bicyclic) bond motifs is 6. The molecular formula is C54H36N2O. The van der Waals surface area contributed by atoms with Crippen molar-refractivity contribution >= 4 is 71.5 Å². The van der Waals surface area contributed by atoms with E-state index in [1.54, 1.807) is 6.08 Å². The van der Waals surface area contributed by atoms with Gasteiger partial charge >= 0.3 is 0 Å². The minimum Gasteiger partial charge on any atom is -0.455 e. The summed E-state index contributed by atoms with van der Waals surface area (Å²) >= 11 is 0. The van der Waals surface area contributed by atoms with E-state index in [0.717, 1.165) is 72.0 Å². The predicted octanol–water partition coefficient (Wildman–Crippen LogP) is 14.5. The Balaban J connectivity index is 1.11. The average Bonchev–Trinajstić information content (AvgIpc) is 3.67. The molecular weight excluding hydrogens is 693 g/mol. The lowest BCUT2D eigenvalue weighted by molar-refractivity contribution is 0.670. The van der Waals surface area contributed by atoms with Gasteiger partial charge in [-0.25, -0.2) is 9.98 Å². The number of furan rings is 1. The average molecular weight is 729 g/mol. The van der Waals surface area contributed by atoms with E-state index < -0.39 is 0 Å². The lowest BCUT2D eigenvalue weighted by Crippen LogP contribution is -2.05. The van der Waals surface area contributed by atoms with Gasteiger partial charge in [-0.15, -0.1) is 0 Å². The van der Waals surface area contributed by atoms with E-state index in [1.165, 1.54) is 26.9 Å². The van der Waals surface area contributed by atoms with Crippen LogP contribution in [0.4, 0.5) is 0 Å². The van der Waals surface area contributed by atoms with Crippen molar-refractivity contribution < 1.29 is 4.42 Å². The van der Waals surface area contributed by atoms with E-state index in [2.05, 4.69) is 189 Å². The van der Waals surface area contributed by atoms with Crippen LogP contribution in [0, 0.1) is 0 Å². The van der Waals surface area contributed by atoms with Crippen LogP contribution in [0.5, 0.6) is 0 Å². The van der Waals surface area contributed by atoms with Crippen molar-refractivity contribution in [3.8, 4) is 22.3 Å². The van der Waals surface area contributed by atoms with Gasteiger partial charge in [0.15, 0.2) is 5.84 Å². The zero-order valence-corrected chi connectivity index (χ0v) is 31.2. The second-order valence-electron chi connectivity index (χ2n) is 14.3. The third-order valence-electron chi connectivity index (χ3n) is 10.8. The molecule has 0 unspecified atom stereocenters. The summed E-state index contributed by atoms with van der Waals surface area (Å²) in [4.78, 5) is 10.5. The van der Waals surface area contributed by atoms with Gasteiger partial charge in [0.2, 0.25) is 0 Å². The first-order valence-corrected chi connectivity index (χ1v) is 19.1. The summed E-state index contributed by atoms with van der Waals surface area (Å²) in [6.07, 6.45) is 1.80. The summed E-state index contributed by atoms with van der Waals surface area (Å²) in [5.41, 5.74) is 10.1. The largest absolute Gasteiger partial charge is 0.455 e. The first kappa shape index (κ1) is 33.9. The fourth-order valence-corrected chi connectivity index (χ4v) is 7.97. The predicted molar refractivity (Wildman–Crippen MR) is 242 cm³/mol. The van der Waals surface area contributed by atoms with Gasteiger partial charge in [0.25, 0.3) is 0 Å². The highest BCUT2D eigenvalue weighted by molar-refractivity contribution is 6.19. The highest BCUT2D eigenvalue weighted by Gasteiger charge is 2.18. The molecule has 268 valence electrons. The Morgan fingerprint density at radius 1 is 0.474 bits per heavy atom. The second kappa shape index (κ2) is 14.2. The van der Waals surface area contributed by atoms with Crippen LogP contribution in [-0.2, 0) is 0 Å². The Bertz CT molecular complexity index is 3270. The number of hydrogen-bond donors (Lipinski definition) is 0. The van der Waals surface area contributed by atoms with Crippen molar-refractivity contribution in [1.29, 1.82) is 0 Å². The Labute approximate surface area is 330 Å². The molecule has 0 amide bonds. The van der Waals surface area contributed by atoms with Crippen molar-refractivity contribution in [2.75, 3.05) is 0 Å². The molecule has 3 heteroatoms. The van der Waals surface area contributed by atoms with E-state index in [1.807, 2.05) is 12.1 Å². The Hall–Kier alpha value is -7.62. The van der Waals surface area contributed by atoms with Crippen LogP contribution in [-0.4, -0.2) is 11.5 Å². The first-order valence-electron chi connectivity index (χ1n) is 19.1. The number of allylic oxidation sites excluding steroid dienone is 1. The highest BCUT2D eigenvalue weighted by atomic mass is 16.3. The molecule has 0 aliphatic heterocycles. The number of rotatable bonds is 7. The molecule has 0 spiro atoms. The molecule has 9 aromatic carbocycles. The second-order valence-corrected chi connectivity index (χ2v) is 14.3. The smallest absolute Gasteiger partial charge is 0.160 e. The van der Waals surface area contributed by atoms with Gasteiger partial charge in [-0.3, -0.25) is 0 Å². The molecule has 0 aliphatic rings. The fraction of sp³-hybridized carbons (Fsp3) is 0. The van der Waals surface area contributed by atoms with E-state index in [9.17, 15) is 0 Å². The van der Waals surface area contributed by atoms with Gasteiger partial charge in [0, 0.05) is 33.0 Å². The summed E-state index contributed by atoms with van der Waals surface area (Å²) < 4.78 is 6.69. The lowest BCUT2D eigenvalue weighted by atomic mass is 9.96. The maximum Gasteiger partial charge on any atom is 0.160 e. The molecule has 0 bridgehead atoms. The topological polar surface area (TPSA) is 37.9 Å². The molecule has 0 atom stereocenters. The number of para-hydroxylation sites is 1. The van der Waals surface area contributed by atoms with Gasteiger partial charge in [-0.2, -0.15) is 0 Å². The molecule has 0 fully saturated rings. The van der Waals surface area contributed by atoms with E-state index >= 15 is 0 Å². The number of benzene rings is 9. The van der Waals surface area contributed by atoms with Crippen molar-refractivity contribution in [1.82, 2.24) is 0 Å². The lowest BCUT2D eigenvalue weighted by Gasteiger charge is -2.10. The maximum absolute atomic E-state index is 6.69. The van der Waals surface area contributed by atoms with Crippen molar-refractivity contribution in [2.45, 2.75) is 0 Å². The molecule has 57 heavy (non-hydrogen) atoms. The van der Waals surface area contributed by atoms with Crippen molar-refractivity contribution in [3.05, 3.63) is 224 Å². The van der Waals surface area contributed by atoms with Crippen LogP contribution in [0.1, 0.15) is 16.7 Å². The molecule has 10 rings (SSSR count). The Kier molecular flexibility index (Phi) is 8.46. The van der Waals surface area contributed by atoms with Gasteiger partial charge < -0.3 is 4.42 Å². The maximum atomic E-state index is 6.69. The summed E-state index contributed by atoms with van der Waals surface area (Å²) in [7, 11) is 0. The van der Waals surface area contributed by atoms with Gasteiger partial charge in [0.05, 0.1) is 11.4 Å². The molecule has 0 aliphatic carbocycles. The normalized spacial score (nSPS) is 12.2. The molecule has 0 saturated carbocycles. The molecule has 0 saturated heterocycles. The van der Waals surface area contributed by atoms with Gasteiger partial charge in [-0.05, 0) is 73.3 Å². The van der Waals surface area contributed by atoms with Crippen LogP contribution < -0.4 is 0 Å². The number of aliphatic imine (C=N–C) groups is 2. The summed E-state index contributed by atoms with van der Waals surface area (Å²) in [6.45, 7) is 8.74. The molecule has 10 aromatic rings. The third-order valence-corrected chi connectivity index (χ3v) is 10.8. The quantitative estimate of drug-likeness (QED) is 0.119. The molecule has 0 N–H and O–H groups in total. The zero-order valence-electron chi connectivity index (χ0n) is 31.2. The number of hydrogen-bond acceptors (Lipinski definition) is 2. The van der Waals surface area contributed by atoms with Crippen LogP contribution >= 0.6 is 0 Å². The standard InChI is InChI=1S/C54H36N2O/c1-3-50(44-32-28-37-14-5-7-17-42(37)34-44)56-54(40-29-25-38(26-30-40)43-31-27-36-13-4-6-16-41(36)33-43)55-35(2)45-20-12-24-51-52(45)49-23-11-22-48(53(49)57-51)47-21-10-18-39-15-8-9-19-46(39)47/h3-34H,1-2H2/b55-54-,56-50+. The van der Waals surface area contributed by atoms with Crippen LogP contribution in [0.2, 0.25) is 0 Å². The van der Waals surface area contributed by atoms with Gasteiger partial charge in [-0.1, -0.05) is 183 Å². The minimum atomic E-state index is 0.536. The molecule has 1 aromatic heterocycles. The van der Waals surface area contributed by atoms with Crippen molar-refractivity contribution in [3.63, 3.8) is 0 Å². The third kappa shape index (κ3) is 6.22. The summed E-state index contributed by atoms with van der Waals surface area (Å²) in [6, 6.07) is 65.5. The summed E-state index contributed by atoms with van der Waals surface area (Å²) in [5.74, 6) is 0.536. The van der Waals surface area contributed by atoms with Crippen LogP contribution in [0.25, 0.3) is 82.2 Å². The van der Waals surface area contributed by atoms with Crippen LogP contribution in [0.3, 0.4) is 0 Å².